The number of benzene rings is 1. The summed E-state index contributed by atoms with van der Waals surface area (Å²) in [5, 5.41) is 36.4. The van der Waals surface area contributed by atoms with E-state index in [0.717, 1.165) is 45.1 Å². The van der Waals surface area contributed by atoms with Crippen LogP contribution in [-0.4, -0.2) is 69.1 Å². The van der Waals surface area contributed by atoms with Crippen molar-refractivity contribution >= 4 is 64.3 Å². The van der Waals surface area contributed by atoms with Crippen molar-refractivity contribution in [1.29, 1.82) is 0 Å². The van der Waals surface area contributed by atoms with Crippen LogP contribution in [0.25, 0.3) is 5.57 Å². The van der Waals surface area contributed by atoms with Crippen molar-refractivity contribution < 1.29 is 30.2 Å². The third kappa shape index (κ3) is 2.39. The zero-order valence-electron chi connectivity index (χ0n) is 18.1. The molecule has 0 unspecified atom stereocenters. The van der Waals surface area contributed by atoms with Crippen molar-refractivity contribution in [2.24, 2.45) is 9.98 Å². The van der Waals surface area contributed by atoms with E-state index in [1.165, 1.54) is 18.7 Å². The molecule has 11 heteroatoms. The van der Waals surface area contributed by atoms with E-state index < -0.39 is 29.4 Å². The molecule has 1 aromatic carbocycles. The van der Waals surface area contributed by atoms with Gasteiger partial charge in [0.2, 0.25) is 22.9 Å². The molecule has 1 fully saturated rings. The minimum atomic E-state index is -1.16. The molecule has 0 amide bonds. The number of nitrogens with zero attached hydrogens (tertiary/aromatic N) is 3. The molecule has 1 saturated heterocycles. The quantitative estimate of drug-likeness (QED) is 0.144. The van der Waals surface area contributed by atoms with Crippen LogP contribution in [0.4, 0.5) is 11.4 Å². The molecule has 1 spiro atoms. The second-order valence-corrected chi connectivity index (χ2v) is 12.0. The number of quaternary nitrogens is 1. The maximum atomic E-state index is 13.6. The summed E-state index contributed by atoms with van der Waals surface area (Å²) in [6, 6.07) is -1.60. The van der Waals surface area contributed by atoms with Gasteiger partial charge in [0.1, 0.15) is 23.2 Å². The summed E-state index contributed by atoms with van der Waals surface area (Å²) in [4.78, 5) is 34.7. The fraction of sp³-hybridized carbons (Fsp3) is 0.435. The van der Waals surface area contributed by atoms with Crippen molar-refractivity contribution in [2.45, 2.75) is 47.9 Å². The van der Waals surface area contributed by atoms with Gasteiger partial charge in [0.15, 0.2) is 11.7 Å². The number of phenols is 1. The minimum Gasteiger partial charge on any atom is -0.862 e. The smallest absolute Gasteiger partial charge is 0.329 e. The molecule has 5 atom stereocenters. The molecule has 0 saturated carbocycles. The molecule has 1 aliphatic carbocycles. The lowest BCUT2D eigenvalue weighted by molar-refractivity contribution is -0.592. The predicted octanol–water partition coefficient (Wildman–Crippen LogP) is -1.75. The molecule has 5 aliphatic heterocycles. The first kappa shape index (κ1) is 20.7. The first-order valence-electron chi connectivity index (χ1n) is 11.2. The minimum absolute atomic E-state index is 0.0324. The number of hydrogen-bond donors (Lipinski definition) is 3. The molecule has 4 N–H and O–H groups in total. The van der Waals surface area contributed by atoms with Crippen LogP contribution >= 0.6 is 23.5 Å². The lowest BCUT2D eigenvalue weighted by Gasteiger charge is -2.46. The Hall–Kier alpha value is -2.63. The summed E-state index contributed by atoms with van der Waals surface area (Å²) in [6.07, 6.45) is 5.15. The van der Waals surface area contributed by atoms with Crippen LogP contribution in [0.5, 0.6) is 5.75 Å². The first-order valence-corrected chi connectivity index (χ1v) is 13.2. The number of fused-ring (bicyclic) bond motifs is 3. The zero-order chi connectivity index (χ0) is 23.5. The van der Waals surface area contributed by atoms with Gasteiger partial charge in [-0.05, 0) is 24.5 Å². The van der Waals surface area contributed by atoms with E-state index >= 15 is 0 Å². The van der Waals surface area contributed by atoms with Gasteiger partial charge in [0.25, 0.3) is 0 Å². The Labute approximate surface area is 202 Å². The van der Waals surface area contributed by atoms with E-state index in [-0.39, 0.29) is 27.9 Å². The Morgan fingerprint density at radius 3 is 3.12 bits per heavy atom. The number of aromatic hydroxyl groups is 1. The van der Waals surface area contributed by atoms with Crippen LogP contribution in [0.1, 0.15) is 25.3 Å². The number of ketones is 1. The molecule has 0 radical (unpaired) electrons. The Morgan fingerprint density at radius 1 is 1.53 bits per heavy atom. The first-order chi connectivity index (χ1) is 16.3. The van der Waals surface area contributed by atoms with Crippen LogP contribution in [0.2, 0.25) is 0 Å². The van der Waals surface area contributed by atoms with Gasteiger partial charge in [-0.2, -0.15) is 0 Å². The number of allylic oxidation sites excluding steroid dienone is 1. The van der Waals surface area contributed by atoms with E-state index in [2.05, 4.69) is 19.9 Å². The number of nitrogens with two attached hydrogens (primary N) is 1. The van der Waals surface area contributed by atoms with Gasteiger partial charge >= 0.3 is 5.97 Å². The summed E-state index contributed by atoms with van der Waals surface area (Å²) in [6.45, 7) is 1.91. The van der Waals surface area contributed by atoms with Gasteiger partial charge in [-0.25, -0.2) is 9.37 Å². The van der Waals surface area contributed by atoms with E-state index in [1.54, 1.807) is 17.8 Å². The maximum Gasteiger partial charge on any atom is 0.329 e. The highest BCUT2D eigenvalue weighted by Crippen LogP contribution is 2.62. The van der Waals surface area contributed by atoms with E-state index in [0.29, 0.717) is 12.2 Å². The number of hydrogen-bond acceptors (Lipinski definition) is 8. The highest BCUT2D eigenvalue weighted by Gasteiger charge is 2.69. The van der Waals surface area contributed by atoms with Gasteiger partial charge in [-0.1, -0.05) is 11.8 Å². The van der Waals surface area contributed by atoms with Crippen LogP contribution in [-0.2, 0) is 15.0 Å². The van der Waals surface area contributed by atoms with Crippen molar-refractivity contribution in [3.63, 3.8) is 0 Å². The molecule has 34 heavy (non-hydrogen) atoms. The second kappa shape index (κ2) is 6.73. The average Bonchev–Trinajstić information content (AvgIpc) is 3.33. The number of rotatable bonds is 5. The average molecular weight is 498 g/mol. The number of aliphatic carboxylic acids is 1. The molecule has 5 heterocycles. The fourth-order valence-corrected chi connectivity index (χ4v) is 10.00. The number of phenolic OH excluding ortho intramolecular Hbond substituents is 1. The molecule has 3 bridgehead atoms. The van der Waals surface area contributed by atoms with Crippen molar-refractivity contribution in [1.82, 2.24) is 4.58 Å². The summed E-state index contributed by atoms with van der Waals surface area (Å²) >= 11 is 3.10. The Kier molecular flexibility index (Phi) is 4.10. The van der Waals surface area contributed by atoms with E-state index in [1.807, 2.05) is 6.21 Å². The second-order valence-electron chi connectivity index (χ2n) is 9.55. The third-order valence-corrected chi connectivity index (χ3v) is 10.7. The van der Waals surface area contributed by atoms with Crippen LogP contribution in [0, 0.1) is 0 Å². The number of aliphatic imine (C=N–C) groups is 2. The third-order valence-electron chi connectivity index (χ3n) is 7.81. The van der Waals surface area contributed by atoms with Gasteiger partial charge in [0.05, 0.1) is 15.9 Å². The monoisotopic (exact) mass is 497 g/mol. The van der Waals surface area contributed by atoms with Crippen LogP contribution in [0.3, 0.4) is 0 Å². The molecule has 9 nitrogen and oxygen atoms in total. The molecule has 1 aromatic rings. The van der Waals surface area contributed by atoms with Crippen molar-refractivity contribution in [2.75, 3.05) is 12.3 Å². The number of carbonyl (C=O) groups is 2. The van der Waals surface area contributed by atoms with Crippen molar-refractivity contribution in [3.05, 3.63) is 27.1 Å². The summed E-state index contributed by atoms with van der Waals surface area (Å²) in [5.41, 5.74) is 3.06. The van der Waals surface area contributed by atoms with Gasteiger partial charge in [-0.3, -0.25) is 20.1 Å². The molecule has 174 valence electrons. The Bertz CT molecular complexity index is 1460. The zero-order valence-corrected chi connectivity index (χ0v) is 19.8. The van der Waals surface area contributed by atoms with E-state index in [9.17, 15) is 24.9 Å². The van der Waals surface area contributed by atoms with Gasteiger partial charge in [0, 0.05) is 29.7 Å². The summed E-state index contributed by atoms with van der Waals surface area (Å²) in [5.74, 6) is -1.33. The van der Waals surface area contributed by atoms with Crippen LogP contribution in [0.15, 0.2) is 21.0 Å². The van der Waals surface area contributed by atoms with E-state index in [4.69, 9.17) is 0 Å². The largest absolute Gasteiger partial charge is 0.862 e. The molecule has 0 aromatic heterocycles. The number of carbonyl (C=O) groups excluding carboxylic acids is 1. The van der Waals surface area contributed by atoms with Crippen molar-refractivity contribution in [3.8, 4) is 5.75 Å². The SMILES string of the molecule is CC([O-])=N[C@@H](CS[C@H]1[C@H]2C(=O)C=C3S[C@H]4C[C@]31c1c(c(O)c3c5c1=[N+]2CCC=5C=N3)[NH2+]4)C(=O)O. The highest BCUT2D eigenvalue weighted by molar-refractivity contribution is 8.04. The van der Waals surface area contributed by atoms with Gasteiger partial charge in [-0.15, -0.1) is 11.8 Å². The Morgan fingerprint density at radius 2 is 2.35 bits per heavy atom. The number of carboxylic acid groups (broad SMARTS) is 1. The molecule has 7 rings (SSSR count). The normalized spacial score (nSPS) is 32.3. The van der Waals surface area contributed by atoms with Gasteiger partial charge < -0.3 is 15.3 Å². The summed E-state index contributed by atoms with van der Waals surface area (Å²) < 4.78 is 2.17. The Balaban J connectivity index is 1.49. The predicted molar refractivity (Wildman–Crippen MR) is 127 cm³/mol. The topological polar surface area (TPSA) is 142 Å². The molecular weight excluding hydrogens is 476 g/mol. The summed E-state index contributed by atoms with van der Waals surface area (Å²) in [7, 11) is 0. The standard InChI is InChI=1S/C23H20N4O5S2/c1-8(28)25-10(22(31)32)7-33-21-18-11(29)4-12-23(21)5-13(34-12)26-17-15(23)19-14-9(2-3-27(18)19)6-24-16(14)20(17)30/h4,6,10,13,18,21H,2-3,5,7H2,1H3,(H3,24,25,26,28,30,31,32)/p+1/t10-,13-,18+,21-,23+/m0/s1. The molecular formula is C23H21N4O5S2+. The van der Waals surface area contributed by atoms with Crippen LogP contribution < -0.4 is 25.6 Å². The maximum absolute atomic E-state index is 13.6. The molecule has 6 aliphatic rings. The lowest BCUT2D eigenvalue weighted by atomic mass is 9.64. The lowest BCUT2D eigenvalue weighted by Crippen LogP contribution is -2.87. The highest BCUT2D eigenvalue weighted by atomic mass is 32.2. The fourth-order valence-electron chi connectivity index (χ4n) is 6.64. The number of thioether (sulfide) groups is 2. The number of carboxylic acids is 1.